The fourth-order valence-electron chi connectivity index (χ4n) is 4.08. The maximum atomic E-state index is 13.1. The molecule has 39 heavy (non-hydrogen) atoms. The van der Waals surface area contributed by atoms with Crippen LogP contribution in [0.4, 0.5) is 23.0 Å². The zero-order valence-electron chi connectivity index (χ0n) is 22.6. The Morgan fingerprint density at radius 2 is 1.82 bits per heavy atom. The number of ether oxygens (including phenoxy) is 1. The highest BCUT2D eigenvalue weighted by atomic mass is 16.7. The van der Waals surface area contributed by atoms with Gasteiger partial charge in [-0.3, -0.25) is 4.79 Å². The number of fused-ring (bicyclic) bond motifs is 1. The summed E-state index contributed by atoms with van der Waals surface area (Å²) in [4.78, 5) is 43.7. The SMILES string of the molecule is C=CC(=O)Nc1cc(Nc2nccc(-n3c(=O)n(OC)c4ccccc43)n2)c(OC)cc1N(C)CCN(C)C. The molecule has 0 aliphatic heterocycles. The van der Waals surface area contributed by atoms with Crippen LogP contribution in [0.25, 0.3) is 16.9 Å². The standard InChI is InChI=1S/C27H32N8O4/c1-7-25(36)29-18-16-19(23(38-5)17-22(18)33(4)15-14-32(2)3)30-26-28-13-12-24(31-26)34-20-10-8-9-11-21(20)35(39-6)27(34)37/h7-13,16-17H,1,14-15H2,2-6H3,(H,29,36)(H,28,30,31). The van der Waals surface area contributed by atoms with Gasteiger partial charge < -0.3 is 30.0 Å². The number of rotatable bonds is 11. The number of amides is 1. The maximum absolute atomic E-state index is 13.1. The Balaban J connectivity index is 1.75. The molecule has 2 N–H and O–H groups in total. The summed E-state index contributed by atoms with van der Waals surface area (Å²) in [6, 6.07) is 12.5. The molecule has 2 aromatic carbocycles. The Hall–Kier alpha value is -4.84. The summed E-state index contributed by atoms with van der Waals surface area (Å²) in [5.41, 5.74) is 2.68. The minimum Gasteiger partial charge on any atom is -0.494 e. The molecule has 2 aromatic heterocycles. The first-order valence-electron chi connectivity index (χ1n) is 12.2. The average molecular weight is 533 g/mol. The van der Waals surface area contributed by atoms with E-state index >= 15 is 0 Å². The largest absolute Gasteiger partial charge is 0.494 e. The molecule has 0 fully saturated rings. The van der Waals surface area contributed by atoms with Crippen LogP contribution < -0.4 is 30.8 Å². The third-order valence-corrected chi connectivity index (χ3v) is 6.06. The van der Waals surface area contributed by atoms with E-state index in [1.807, 2.05) is 50.3 Å². The molecule has 0 aliphatic rings. The van der Waals surface area contributed by atoms with Crippen LogP contribution in [0.15, 0.2) is 66.1 Å². The van der Waals surface area contributed by atoms with Crippen LogP contribution in [-0.2, 0) is 4.79 Å². The minimum absolute atomic E-state index is 0.224. The summed E-state index contributed by atoms with van der Waals surface area (Å²) in [6.45, 7) is 5.09. The Morgan fingerprint density at radius 3 is 2.49 bits per heavy atom. The van der Waals surface area contributed by atoms with Gasteiger partial charge in [0.1, 0.15) is 24.2 Å². The number of nitrogens with zero attached hydrogens (tertiary/aromatic N) is 6. The predicted molar refractivity (Wildman–Crippen MR) is 153 cm³/mol. The van der Waals surface area contributed by atoms with Gasteiger partial charge >= 0.3 is 5.69 Å². The zero-order chi connectivity index (χ0) is 28.1. The van der Waals surface area contributed by atoms with E-state index in [9.17, 15) is 9.59 Å². The number of imidazole rings is 1. The number of carbonyl (C=O) groups is 1. The van der Waals surface area contributed by atoms with E-state index in [0.717, 1.165) is 18.8 Å². The number of para-hydroxylation sites is 2. The van der Waals surface area contributed by atoms with E-state index in [1.54, 1.807) is 31.5 Å². The monoisotopic (exact) mass is 532 g/mol. The second kappa shape index (κ2) is 11.7. The molecule has 0 unspecified atom stereocenters. The van der Waals surface area contributed by atoms with Crippen LogP contribution in [0.2, 0.25) is 0 Å². The zero-order valence-corrected chi connectivity index (χ0v) is 22.6. The van der Waals surface area contributed by atoms with E-state index in [0.29, 0.717) is 34.0 Å². The van der Waals surface area contributed by atoms with Crippen molar-refractivity contribution in [3.05, 3.63) is 71.8 Å². The lowest BCUT2D eigenvalue weighted by atomic mass is 10.2. The molecule has 0 atom stereocenters. The first-order chi connectivity index (χ1) is 18.8. The smallest absolute Gasteiger partial charge is 0.367 e. The molecule has 0 saturated carbocycles. The number of aromatic nitrogens is 4. The second-order valence-corrected chi connectivity index (χ2v) is 8.93. The summed E-state index contributed by atoms with van der Waals surface area (Å²) in [5, 5.41) is 6.03. The quantitative estimate of drug-likeness (QED) is 0.281. The second-order valence-electron chi connectivity index (χ2n) is 8.93. The first kappa shape index (κ1) is 27.2. The van der Waals surface area contributed by atoms with E-state index < -0.39 is 5.69 Å². The lowest BCUT2D eigenvalue weighted by Gasteiger charge is -2.26. The number of hydrogen-bond acceptors (Lipinski definition) is 9. The summed E-state index contributed by atoms with van der Waals surface area (Å²) < 4.78 is 8.31. The number of benzene rings is 2. The van der Waals surface area contributed by atoms with E-state index in [2.05, 4.69) is 32.1 Å². The van der Waals surface area contributed by atoms with Gasteiger partial charge in [-0.2, -0.15) is 4.98 Å². The molecule has 0 aliphatic carbocycles. The third kappa shape index (κ3) is 5.70. The Bertz CT molecular complexity index is 1560. The fraction of sp³-hybridized carbons (Fsp3) is 0.259. The van der Waals surface area contributed by atoms with Gasteiger partial charge in [-0.05, 0) is 38.4 Å². The van der Waals surface area contributed by atoms with Gasteiger partial charge in [-0.15, -0.1) is 4.73 Å². The molecular formula is C27H32N8O4. The van der Waals surface area contributed by atoms with Crippen LogP contribution in [-0.4, -0.2) is 78.5 Å². The molecule has 0 saturated heterocycles. The van der Waals surface area contributed by atoms with Gasteiger partial charge in [0, 0.05) is 38.5 Å². The Kier molecular flexibility index (Phi) is 8.15. The van der Waals surface area contributed by atoms with Crippen molar-refractivity contribution in [3.63, 3.8) is 0 Å². The highest BCUT2D eigenvalue weighted by molar-refractivity contribution is 6.02. The van der Waals surface area contributed by atoms with E-state index in [-0.39, 0.29) is 11.9 Å². The highest BCUT2D eigenvalue weighted by Crippen LogP contribution is 2.38. The first-order valence-corrected chi connectivity index (χ1v) is 12.2. The summed E-state index contributed by atoms with van der Waals surface area (Å²) in [6.07, 6.45) is 2.76. The summed E-state index contributed by atoms with van der Waals surface area (Å²) >= 11 is 0. The van der Waals surface area contributed by atoms with Crippen molar-refractivity contribution in [1.29, 1.82) is 0 Å². The molecule has 4 aromatic rings. The van der Waals surface area contributed by atoms with Crippen molar-refractivity contribution in [2.75, 3.05) is 64.0 Å². The van der Waals surface area contributed by atoms with Gasteiger partial charge in [0.2, 0.25) is 11.9 Å². The normalized spacial score (nSPS) is 10.9. The minimum atomic E-state index is -0.402. The lowest BCUT2D eigenvalue weighted by Crippen LogP contribution is -2.29. The molecule has 1 amide bonds. The van der Waals surface area contributed by atoms with Crippen molar-refractivity contribution < 1.29 is 14.4 Å². The number of carbonyl (C=O) groups excluding carboxylic acids is 1. The number of likely N-dealkylation sites (N-methyl/N-ethyl adjacent to an activating group) is 2. The van der Waals surface area contributed by atoms with Crippen molar-refractivity contribution >= 4 is 40.0 Å². The van der Waals surface area contributed by atoms with Crippen LogP contribution in [0.5, 0.6) is 5.75 Å². The van der Waals surface area contributed by atoms with Gasteiger partial charge in [0.15, 0.2) is 0 Å². The van der Waals surface area contributed by atoms with Crippen molar-refractivity contribution in [1.82, 2.24) is 24.2 Å². The number of hydrogen-bond donors (Lipinski definition) is 2. The Labute approximate surface area is 226 Å². The molecule has 4 rings (SSSR count). The molecule has 2 heterocycles. The van der Waals surface area contributed by atoms with Gasteiger partial charge in [-0.25, -0.2) is 14.3 Å². The van der Waals surface area contributed by atoms with E-state index in [4.69, 9.17) is 9.57 Å². The average Bonchev–Trinajstić information content (AvgIpc) is 3.22. The molecule has 0 spiro atoms. The molecule has 12 heteroatoms. The van der Waals surface area contributed by atoms with Crippen LogP contribution in [0, 0.1) is 0 Å². The van der Waals surface area contributed by atoms with Crippen LogP contribution in [0.3, 0.4) is 0 Å². The molecule has 204 valence electrons. The third-order valence-electron chi connectivity index (χ3n) is 6.06. The number of nitrogens with one attached hydrogen (secondary N) is 2. The van der Waals surface area contributed by atoms with Gasteiger partial charge in [0.25, 0.3) is 0 Å². The van der Waals surface area contributed by atoms with Crippen LogP contribution >= 0.6 is 0 Å². The highest BCUT2D eigenvalue weighted by Gasteiger charge is 2.18. The maximum Gasteiger partial charge on any atom is 0.367 e. The predicted octanol–water partition coefficient (Wildman–Crippen LogP) is 2.52. The van der Waals surface area contributed by atoms with Crippen LogP contribution in [0.1, 0.15) is 0 Å². The molecular weight excluding hydrogens is 500 g/mol. The number of methoxy groups -OCH3 is 1. The summed E-state index contributed by atoms with van der Waals surface area (Å²) in [5.74, 6) is 0.742. The van der Waals surface area contributed by atoms with Gasteiger partial charge in [0.05, 0.1) is 29.7 Å². The lowest BCUT2D eigenvalue weighted by molar-refractivity contribution is -0.111. The fourth-order valence-corrected chi connectivity index (χ4v) is 4.08. The van der Waals surface area contributed by atoms with Crippen molar-refractivity contribution in [2.24, 2.45) is 0 Å². The van der Waals surface area contributed by atoms with Crippen molar-refractivity contribution in [2.45, 2.75) is 0 Å². The topological polar surface area (TPSA) is 119 Å². The summed E-state index contributed by atoms with van der Waals surface area (Å²) in [7, 11) is 8.92. The molecule has 0 bridgehead atoms. The van der Waals surface area contributed by atoms with Crippen molar-refractivity contribution in [3.8, 4) is 11.6 Å². The molecule has 12 nitrogen and oxygen atoms in total. The molecule has 0 radical (unpaired) electrons. The van der Waals surface area contributed by atoms with Gasteiger partial charge in [-0.1, -0.05) is 18.7 Å². The Morgan fingerprint density at radius 1 is 1.08 bits per heavy atom. The van der Waals surface area contributed by atoms with E-state index in [1.165, 1.54) is 22.5 Å². The number of anilines is 4.